The summed E-state index contributed by atoms with van der Waals surface area (Å²) in [6.45, 7) is 11.5. The number of guanidine groups is 1. The quantitative estimate of drug-likeness (QED) is 0.614. The number of amides is 1. The van der Waals surface area contributed by atoms with Crippen molar-refractivity contribution in [2.45, 2.75) is 53.1 Å². The van der Waals surface area contributed by atoms with Gasteiger partial charge in [-0.2, -0.15) is 0 Å². The first-order valence-electron chi connectivity index (χ1n) is 7.99. The first kappa shape index (κ1) is 19.4. The summed E-state index contributed by atoms with van der Waals surface area (Å²) in [5.41, 5.74) is 0.736. The SMILES string of the molecule is CCNC(=NCc1csc(CC)n1)N(C)CC(=O)NC(C)(C)C. The topological polar surface area (TPSA) is 69.6 Å². The van der Waals surface area contributed by atoms with E-state index < -0.39 is 0 Å². The van der Waals surface area contributed by atoms with Crippen LogP contribution in [0.25, 0.3) is 0 Å². The van der Waals surface area contributed by atoms with E-state index in [1.807, 2.05) is 45.0 Å². The fourth-order valence-corrected chi connectivity index (χ4v) is 2.69. The summed E-state index contributed by atoms with van der Waals surface area (Å²) in [6.07, 6.45) is 0.946. The smallest absolute Gasteiger partial charge is 0.240 e. The van der Waals surface area contributed by atoms with Crippen LogP contribution in [-0.4, -0.2) is 47.4 Å². The third-order valence-corrected chi connectivity index (χ3v) is 3.93. The van der Waals surface area contributed by atoms with Crippen LogP contribution in [0.4, 0.5) is 0 Å². The van der Waals surface area contributed by atoms with Crippen molar-refractivity contribution in [1.29, 1.82) is 0 Å². The van der Waals surface area contributed by atoms with E-state index in [-0.39, 0.29) is 18.0 Å². The number of thiazole rings is 1. The Labute approximate surface area is 143 Å². The molecule has 0 aliphatic rings. The molecule has 6 nitrogen and oxygen atoms in total. The second kappa shape index (κ2) is 8.86. The van der Waals surface area contributed by atoms with Gasteiger partial charge in [0.25, 0.3) is 0 Å². The number of aryl methyl sites for hydroxylation is 1. The minimum Gasteiger partial charge on any atom is -0.357 e. The highest BCUT2D eigenvalue weighted by molar-refractivity contribution is 7.09. The third-order valence-electron chi connectivity index (χ3n) is 2.88. The summed E-state index contributed by atoms with van der Waals surface area (Å²) >= 11 is 1.66. The molecule has 23 heavy (non-hydrogen) atoms. The average molecular weight is 340 g/mol. The highest BCUT2D eigenvalue weighted by Gasteiger charge is 2.16. The van der Waals surface area contributed by atoms with E-state index >= 15 is 0 Å². The molecule has 0 spiro atoms. The molecule has 7 heteroatoms. The lowest BCUT2D eigenvalue weighted by atomic mass is 10.1. The Morgan fingerprint density at radius 1 is 1.39 bits per heavy atom. The molecule has 0 fully saturated rings. The lowest BCUT2D eigenvalue weighted by Crippen LogP contribution is -2.48. The maximum atomic E-state index is 12.0. The Bertz CT molecular complexity index is 533. The van der Waals surface area contributed by atoms with Crippen LogP contribution in [-0.2, 0) is 17.8 Å². The molecule has 1 rings (SSSR count). The zero-order valence-electron chi connectivity index (χ0n) is 15.1. The number of nitrogens with zero attached hydrogens (tertiary/aromatic N) is 3. The molecule has 0 aliphatic carbocycles. The molecule has 0 saturated heterocycles. The molecule has 0 radical (unpaired) electrons. The van der Waals surface area contributed by atoms with Gasteiger partial charge < -0.3 is 15.5 Å². The average Bonchev–Trinajstić information content (AvgIpc) is 2.89. The van der Waals surface area contributed by atoms with Gasteiger partial charge in [0.15, 0.2) is 5.96 Å². The second-order valence-electron chi connectivity index (χ2n) is 6.41. The van der Waals surface area contributed by atoms with E-state index in [0.29, 0.717) is 12.5 Å². The number of nitrogens with one attached hydrogen (secondary N) is 2. The molecule has 0 unspecified atom stereocenters. The van der Waals surface area contributed by atoms with Crippen LogP contribution in [0, 0.1) is 0 Å². The maximum Gasteiger partial charge on any atom is 0.240 e. The standard InChI is InChI=1S/C16H29N5OS/c1-7-14-19-12(11-23-14)9-18-15(17-8-2)21(6)10-13(22)20-16(3,4)5/h11H,7-10H2,1-6H3,(H,17,18)(H,20,22). The fourth-order valence-electron chi connectivity index (χ4n) is 1.96. The number of hydrogen-bond donors (Lipinski definition) is 2. The highest BCUT2D eigenvalue weighted by Crippen LogP contribution is 2.11. The molecular formula is C16H29N5OS. The number of aliphatic imine (C=N–C) groups is 1. The fraction of sp³-hybridized carbons (Fsp3) is 0.688. The zero-order chi connectivity index (χ0) is 17.5. The van der Waals surface area contributed by atoms with Crippen LogP contribution in [0.1, 0.15) is 45.3 Å². The van der Waals surface area contributed by atoms with Crippen molar-refractivity contribution in [3.8, 4) is 0 Å². The van der Waals surface area contributed by atoms with E-state index in [2.05, 4.69) is 27.5 Å². The lowest BCUT2D eigenvalue weighted by Gasteiger charge is -2.25. The van der Waals surface area contributed by atoms with Gasteiger partial charge in [0.1, 0.15) is 0 Å². The molecule has 0 aromatic carbocycles. The van der Waals surface area contributed by atoms with Gasteiger partial charge in [-0.1, -0.05) is 6.92 Å². The lowest BCUT2D eigenvalue weighted by molar-refractivity contribution is -0.122. The molecule has 1 aromatic heterocycles. The third kappa shape index (κ3) is 7.45. The van der Waals surface area contributed by atoms with Crippen molar-refractivity contribution in [3.05, 3.63) is 16.1 Å². The summed E-state index contributed by atoms with van der Waals surface area (Å²) < 4.78 is 0. The van der Waals surface area contributed by atoms with Crippen molar-refractivity contribution < 1.29 is 4.79 Å². The van der Waals surface area contributed by atoms with Gasteiger partial charge in [-0.05, 0) is 34.1 Å². The predicted octanol–water partition coefficient (Wildman–Crippen LogP) is 2.02. The van der Waals surface area contributed by atoms with Gasteiger partial charge in [0.05, 0.1) is 23.8 Å². The Morgan fingerprint density at radius 3 is 2.61 bits per heavy atom. The largest absolute Gasteiger partial charge is 0.357 e. The van der Waals surface area contributed by atoms with Gasteiger partial charge >= 0.3 is 0 Å². The molecule has 2 N–H and O–H groups in total. The van der Waals surface area contributed by atoms with E-state index in [1.54, 1.807) is 11.3 Å². The van der Waals surface area contributed by atoms with Crippen molar-refractivity contribution >= 4 is 23.2 Å². The van der Waals surface area contributed by atoms with E-state index in [4.69, 9.17) is 0 Å². The number of likely N-dealkylation sites (N-methyl/N-ethyl adjacent to an activating group) is 1. The number of carbonyl (C=O) groups is 1. The number of rotatable bonds is 6. The summed E-state index contributed by atoms with van der Waals surface area (Å²) in [6, 6.07) is 0. The Balaban J connectivity index is 2.67. The van der Waals surface area contributed by atoms with Crippen molar-refractivity contribution in [3.63, 3.8) is 0 Å². The van der Waals surface area contributed by atoms with Gasteiger partial charge in [-0.25, -0.2) is 9.98 Å². The monoisotopic (exact) mass is 339 g/mol. The Hall–Kier alpha value is -1.63. The zero-order valence-corrected chi connectivity index (χ0v) is 15.9. The molecule has 130 valence electrons. The molecule has 1 amide bonds. The Morgan fingerprint density at radius 2 is 2.09 bits per heavy atom. The van der Waals surface area contributed by atoms with Crippen LogP contribution in [0.2, 0.25) is 0 Å². The summed E-state index contributed by atoms with van der Waals surface area (Å²) in [7, 11) is 1.86. The van der Waals surface area contributed by atoms with Crippen LogP contribution in [0.3, 0.4) is 0 Å². The molecule has 0 bridgehead atoms. The van der Waals surface area contributed by atoms with Crippen LogP contribution in [0.15, 0.2) is 10.4 Å². The van der Waals surface area contributed by atoms with Gasteiger partial charge in [-0.15, -0.1) is 11.3 Å². The second-order valence-corrected chi connectivity index (χ2v) is 7.35. The van der Waals surface area contributed by atoms with E-state index in [9.17, 15) is 4.79 Å². The summed E-state index contributed by atoms with van der Waals surface area (Å²) in [5, 5.41) is 9.33. The predicted molar refractivity (Wildman–Crippen MR) is 96.8 cm³/mol. The molecule has 0 atom stereocenters. The van der Waals surface area contributed by atoms with Gasteiger partial charge in [-0.3, -0.25) is 4.79 Å². The Kier molecular flexibility index (Phi) is 7.48. The first-order valence-corrected chi connectivity index (χ1v) is 8.86. The minimum atomic E-state index is -0.232. The first-order chi connectivity index (χ1) is 10.7. The molecule has 1 heterocycles. The summed E-state index contributed by atoms with van der Waals surface area (Å²) in [4.78, 5) is 23.0. The van der Waals surface area contributed by atoms with Crippen LogP contribution >= 0.6 is 11.3 Å². The number of hydrogen-bond acceptors (Lipinski definition) is 4. The maximum absolute atomic E-state index is 12.0. The van der Waals surface area contributed by atoms with Crippen LogP contribution in [0.5, 0.6) is 0 Å². The number of carbonyl (C=O) groups excluding carboxylic acids is 1. The highest BCUT2D eigenvalue weighted by atomic mass is 32.1. The van der Waals surface area contributed by atoms with Gasteiger partial charge in [0.2, 0.25) is 5.91 Å². The number of aromatic nitrogens is 1. The molecule has 0 saturated carbocycles. The summed E-state index contributed by atoms with van der Waals surface area (Å²) in [5.74, 6) is 0.690. The van der Waals surface area contributed by atoms with E-state index in [1.165, 1.54) is 0 Å². The van der Waals surface area contributed by atoms with E-state index in [0.717, 1.165) is 23.7 Å². The van der Waals surface area contributed by atoms with Crippen molar-refractivity contribution in [1.82, 2.24) is 20.5 Å². The van der Waals surface area contributed by atoms with Crippen molar-refractivity contribution in [2.24, 2.45) is 4.99 Å². The normalized spacial score (nSPS) is 12.2. The molecule has 1 aromatic rings. The molecule has 0 aliphatic heterocycles. The van der Waals surface area contributed by atoms with Crippen LogP contribution < -0.4 is 10.6 Å². The van der Waals surface area contributed by atoms with Crippen molar-refractivity contribution in [2.75, 3.05) is 20.1 Å². The van der Waals surface area contributed by atoms with Gasteiger partial charge in [0, 0.05) is 24.5 Å². The molecular weight excluding hydrogens is 310 g/mol. The minimum absolute atomic E-state index is 0.0208.